The van der Waals surface area contributed by atoms with Gasteiger partial charge in [-0.05, 0) is 44.0 Å². The van der Waals surface area contributed by atoms with Crippen LogP contribution in [0.4, 0.5) is 5.13 Å². The van der Waals surface area contributed by atoms with Gasteiger partial charge < -0.3 is 9.84 Å². The monoisotopic (exact) mass is 557 g/mol. The van der Waals surface area contributed by atoms with Crippen molar-refractivity contribution in [2.24, 2.45) is 0 Å². The van der Waals surface area contributed by atoms with Crippen LogP contribution in [0.3, 0.4) is 0 Å². The standard InChI is InChI=1S/C30H27N3O4S2/c1-4-37-23-7-5-6-22(16-23)25-24(26(34)21-14-10-19(3)11-15-21)27(35)28(36)33(25)29-31-32-30(39-29)38-17-20-12-8-18(2)9-13-20/h5-16,25,34H,4,17H2,1-3H3. The third kappa shape index (κ3) is 5.60. The van der Waals surface area contributed by atoms with Crippen LogP contribution in [0.1, 0.15) is 40.8 Å². The number of thioether (sulfide) groups is 1. The number of carbonyl (C=O) groups is 2. The Hall–Kier alpha value is -3.95. The fourth-order valence-corrected chi connectivity index (χ4v) is 6.16. The SMILES string of the molecule is CCOc1cccc(C2C(=C(O)c3ccc(C)cc3)C(=O)C(=O)N2c2nnc(SCc3ccc(C)cc3)s2)c1. The van der Waals surface area contributed by atoms with E-state index in [9.17, 15) is 14.7 Å². The van der Waals surface area contributed by atoms with E-state index in [0.717, 1.165) is 11.1 Å². The van der Waals surface area contributed by atoms with Gasteiger partial charge in [-0.15, -0.1) is 10.2 Å². The molecule has 0 saturated carbocycles. The molecule has 0 aliphatic carbocycles. The molecule has 9 heteroatoms. The number of amides is 1. The molecule has 198 valence electrons. The molecule has 1 saturated heterocycles. The minimum absolute atomic E-state index is 0.00144. The van der Waals surface area contributed by atoms with Crippen molar-refractivity contribution in [3.63, 3.8) is 0 Å². The maximum atomic E-state index is 13.5. The first-order chi connectivity index (χ1) is 18.9. The summed E-state index contributed by atoms with van der Waals surface area (Å²) in [5.41, 5.74) is 4.43. The predicted octanol–water partition coefficient (Wildman–Crippen LogP) is 6.47. The largest absolute Gasteiger partial charge is 0.507 e. The van der Waals surface area contributed by atoms with Crippen molar-refractivity contribution < 1.29 is 19.4 Å². The first kappa shape index (κ1) is 26.6. The molecule has 39 heavy (non-hydrogen) atoms. The van der Waals surface area contributed by atoms with Crippen LogP contribution in [0.25, 0.3) is 5.76 Å². The minimum atomic E-state index is -0.894. The van der Waals surface area contributed by atoms with E-state index in [2.05, 4.69) is 34.5 Å². The molecule has 4 aromatic rings. The third-order valence-electron chi connectivity index (χ3n) is 6.34. The number of aliphatic hydroxyl groups excluding tert-OH is 1. The summed E-state index contributed by atoms with van der Waals surface area (Å²) in [4.78, 5) is 28.2. The molecule has 3 aromatic carbocycles. The molecule has 1 aliphatic rings. The molecule has 7 nitrogen and oxygen atoms in total. The van der Waals surface area contributed by atoms with Gasteiger partial charge in [-0.3, -0.25) is 14.5 Å². The number of Topliss-reactive ketones (excluding diaryl/α,β-unsaturated/α-hetero) is 1. The van der Waals surface area contributed by atoms with Crippen molar-refractivity contribution in [1.29, 1.82) is 0 Å². The summed E-state index contributed by atoms with van der Waals surface area (Å²) in [6.45, 7) is 6.33. The van der Waals surface area contributed by atoms with Gasteiger partial charge in [0.1, 0.15) is 11.5 Å². The zero-order valence-corrected chi connectivity index (χ0v) is 23.4. The van der Waals surface area contributed by atoms with E-state index >= 15 is 0 Å². The number of ether oxygens (including phenoxy) is 1. The smallest absolute Gasteiger partial charge is 0.301 e. The number of anilines is 1. The summed E-state index contributed by atoms with van der Waals surface area (Å²) in [6, 6.07) is 21.7. The van der Waals surface area contributed by atoms with E-state index in [0.29, 0.717) is 38.7 Å². The molecular weight excluding hydrogens is 530 g/mol. The number of aryl methyl sites for hydroxylation is 2. The maximum absolute atomic E-state index is 13.5. The lowest BCUT2D eigenvalue weighted by Gasteiger charge is -2.23. The number of hydrogen-bond donors (Lipinski definition) is 1. The second-order valence-electron chi connectivity index (χ2n) is 9.17. The average Bonchev–Trinajstić information content (AvgIpc) is 3.51. The predicted molar refractivity (Wildman–Crippen MR) is 154 cm³/mol. The quantitative estimate of drug-likeness (QED) is 0.0872. The fourth-order valence-electron chi connectivity index (χ4n) is 4.34. The van der Waals surface area contributed by atoms with Crippen LogP contribution >= 0.6 is 23.1 Å². The molecule has 0 bridgehead atoms. The Morgan fingerprint density at radius 2 is 1.69 bits per heavy atom. The summed E-state index contributed by atoms with van der Waals surface area (Å²) in [5, 5.41) is 20.2. The number of rotatable bonds is 8. The van der Waals surface area contributed by atoms with Gasteiger partial charge >= 0.3 is 5.91 Å². The second-order valence-corrected chi connectivity index (χ2v) is 11.3. The van der Waals surface area contributed by atoms with Crippen LogP contribution < -0.4 is 9.64 Å². The van der Waals surface area contributed by atoms with Crippen molar-refractivity contribution >= 4 is 45.7 Å². The van der Waals surface area contributed by atoms with Crippen molar-refractivity contribution in [2.75, 3.05) is 11.5 Å². The Bertz CT molecular complexity index is 1550. The van der Waals surface area contributed by atoms with E-state index in [-0.39, 0.29) is 11.3 Å². The van der Waals surface area contributed by atoms with Crippen LogP contribution in [0.2, 0.25) is 0 Å². The number of aliphatic hydroxyl groups is 1. The van der Waals surface area contributed by atoms with E-state index in [1.54, 1.807) is 24.3 Å². The number of ketones is 1. The van der Waals surface area contributed by atoms with Crippen LogP contribution in [0.5, 0.6) is 5.75 Å². The average molecular weight is 558 g/mol. The zero-order chi connectivity index (χ0) is 27.5. The minimum Gasteiger partial charge on any atom is -0.507 e. The first-order valence-electron chi connectivity index (χ1n) is 12.5. The lowest BCUT2D eigenvalue weighted by molar-refractivity contribution is -0.132. The van der Waals surface area contributed by atoms with Gasteiger partial charge in [0.25, 0.3) is 5.78 Å². The highest BCUT2D eigenvalue weighted by Crippen LogP contribution is 2.44. The van der Waals surface area contributed by atoms with E-state index in [1.165, 1.54) is 33.6 Å². The number of nitrogens with zero attached hydrogens (tertiary/aromatic N) is 3. The highest BCUT2D eigenvalue weighted by Gasteiger charge is 2.48. The number of hydrogen-bond acceptors (Lipinski definition) is 8. The van der Waals surface area contributed by atoms with Crippen LogP contribution in [-0.4, -0.2) is 33.6 Å². The molecule has 0 radical (unpaired) electrons. The summed E-state index contributed by atoms with van der Waals surface area (Å²) < 4.78 is 6.36. The highest BCUT2D eigenvalue weighted by atomic mass is 32.2. The van der Waals surface area contributed by atoms with Crippen LogP contribution in [0, 0.1) is 13.8 Å². The molecule has 1 N–H and O–H groups in total. The van der Waals surface area contributed by atoms with Gasteiger partial charge in [0.2, 0.25) is 5.13 Å². The lowest BCUT2D eigenvalue weighted by Crippen LogP contribution is -2.29. The van der Waals surface area contributed by atoms with Crippen LogP contribution in [-0.2, 0) is 15.3 Å². The lowest BCUT2D eigenvalue weighted by atomic mass is 9.95. The molecule has 1 aromatic heterocycles. The summed E-state index contributed by atoms with van der Waals surface area (Å²) >= 11 is 2.75. The molecule has 5 rings (SSSR count). The molecule has 1 atom stereocenters. The fraction of sp³-hybridized carbons (Fsp3) is 0.200. The molecule has 0 spiro atoms. The first-order valence-corrected chi connectivity index (χ1v) is 14.3. The van der Waals surface area contributed by atoms with E-state index in [4.69, 9.17) is 4.74 Å². The molecule has 1 unspecified atom stereocenters. The zero-order valence-electron chi connectivity index (χ0n) is 21.7. The molecule has 1 aliphatic heterocycles. The normalized spacial score (nSPS) is 16.6. The number of benzene rings is 3. The summed E-state index contributed by atoms with van der Waals surface area (Å²) in [5.74, 6) is -0.476. The van der Waals surface area contributed by atoms with Gasteiger partial charge in [0, 0.05) is 11.3 Å². The van der Waals surface area contributed by atoms with E-state index < -0.39 is 17.7 Å². The van der Waals surface area contributed by atoms with Gasteiger partial charge in [0.15, 0.2) is 4.34 Å². The van der Waals surface area contributed by atoms with Gasteiger partial charge in [-0.2, -0.15) is 0 Å². The molecule has 2 heterocycles. The Morgan fingerprint density at radius 3 is 2.38 bits per heavy atom. The van der Waals surface area contributed by atoms with E-state index in [1.807, 2.05) is 45.0 Å². The molecular formula is C30H27N3O4S2. The second kappa shape index (κ2) is 11.4. The molecule has 1 fully saturated rings. The summed E-state index contributed by atoms with van der Waals surface area (Å²) in [7, 11) is 0. The van der Waals surface area contributed by atoms with Gasteiger partial charge in [-0.1, -0.05) is 94.9 Å². The van der Waals surface area contributed by atoms with Gasteiger partial charge in [-0.25, -0.2) is 0 Å². The Balaban J connectivity index is 1.54. The Kier molecular flexibility index (Phi) is 7.81. The topological polar surface area (TPSA) is 92.6 Å². The van der Waals surface area contributed by atoms with Crippen molar-refractivity contribution in [1.82, 2.24) is 10.2 Å². The highest BCUT2D eigenvalue weighted by molar-refractivity contribution is 8.00. The molecule has 1 amide bonds. The van der Waals surface area contributed by atoms with Crippen LogP contribution in [0.15, 0.2) is 82.7 Å². The Morgan fingerprint density at radius 1 is 1.00 bits per heavy atom. The summed E-state index contributed by atoms with van der Waals surface area (Å²) in [6.07, 6.45) is 0. The third-order valence-corrected chi connectivity index (χ3v) is 8.47. The maximum Gasteiger partial charge on any atom is 0.301 e. The number of carbonyl (C=O) groups excluding carboxylic acids is 2. The van der Waals surface area contributed by atoms with Crippen molar-refractivity contribution in [3.8, 4) is 5.75 Å². The Labute approximate surface area is 235 Å². The van der Waals surface area contributed by atoms with Crippen molar-refractivity contribution in [2.45, 2.75) is 36.9 Å². The van der Waals surface area contributed by atoms with Crippen molar-refractivity contribution in [3.05, 3.63) is 106 Å². The van der Waals surface area contributed by atoms with Gasteiger partial charge in [0.05, 0.1) is 18.2 Å². The number of aromatic nitrogens is 2.